The van der Waals surface area contributed by atoms with E-state index >= 15 is 0 Å². The molecule has 0 amide bonds. The number of nitrogen functional groups attached to an aromatic ring is 1. The molecule has 0 aliphatic heterocycles. The summed E-state index contributed by atoms with van der Waals surface area (Å²) in [5.74, 6) is 0.548. The second-order valence-electron chi connectivity index (χ2n) is 3.35. The fraction of sp³-hybridized carbons (Fsp3) is 0.333. The number of nitrogens with two attached hydrogens (primary N) is 1. The molecule has 0 radical (unpaired) electrons. The maximum atomic E-state index is 5.52. The van der Waals surface area contributed by atoms with E-state index in [0.29, 0.717) is 5.82 Å². The predicted octanol–water partition coefficient (Wildman–Crippen LogP) is 0.556. The molecule has 0 fully saturated rings. The summed E-state index contributed by atoms with van der Waals surface area (Å²) in [6, 6.07) is 1.78. The second kappa shape index (κ2) is 3.17. The fourth-order valence-electron chi connectivity index (χ4n) is 1.44. The van der Waals surface area contributed by atoms with Crippen LogP contribution >= 0.6 is 0 Å². The molecule has 2 rings (SSSR count). The monoisotopic (exact) mass is 191 g/mol. The summed E-state index contributed by atoms with van der Waals surface area (Å²) in [4.78, 5) is 0. The van der Waals surface area contributed by atoms with Crippen LogP contribution in [0.3, 0.4) is 0 Å². The molecular formula is C9H13N5. The average molecular weight is 191 g/mol. The molecule has 0 saturated carbocycles. The van der Waals surface area contributed by atoms with Gasteiger partial charge in [0.25, 0.3) is 0 Å². The number of anilines is 1. The number of nitrogens with zero attached hydrogens (tertiary/aromatic N) is 4. The van der Waals surface area contributed by atoms with Gasteiger partial charge in [-0.15, -0.1) is 0 Å². The highest BCUT2D eigenvalue weighted by Gasteiger charge is 2.04. The standard InChI is InChI=1S/C9H13N5/c1-7-8(5-13(2)11-7)6-14-4-3-9(10)12-14/h3-5H,6H2,1-2H3,(H2,10,12). The Kier molecular flexibility index (Phi) is 1.99. The zero-order valence-corrected chi connectivity index (χ0v) is 8.31. The van der Waals surface area contributed by atoms with Gasteiger partial charge in [0.15, 0.2) is 0 Å². The minimum Gasteiger partial charge on any atom is -0.382 e. The van der Waals surface area contributed by atoms with E-state index in [1.54, 1.807) is 15.4 Å². The maximum absolute atomic E-state index is 5.52. The molecule has 0 bridgehead atoms. The van der Waals surface area contributed by atoms with Crippen molar-refractivity contribution in [2.24, 2.45) is 7.05 Å². The minimum absolute atomic E-state index is 0.548. The lowest BCUT2D eigenvalue weighted by atomic mass is 10.3. The molecule has 74 valence electrons. The highest BCUT2D eigenvalue weighted by Crippen LogP contribution is 2.07. The van der Waals surface area contributed by atoms with Crippen LogP contribution in [-0.4, -0.2) is 19.6 Å². The number of hydrogen-bond donors (Lipinski definition) is 1. The largest absolute Gasteiger partial charge is 0.382 e. The van der Waals surface area contributed by atoms with E-state index in [-0.39, 0.29) is 0 Å². The molecule has 2 N–H and O–H groups in total. The molecule has 0 aliphatic carbocycles. The Hall–Kier alpha value is -1.78. The molecule has 0 spiro atoms. The van der Waals surface area contributed by atoms with Gasteiger partial charge >= 0.3 is 0 Å². The Morgan fingerprint density at radius 2 is 2.21 bits per heavy atom. The van der Waals surface area contributed by atoms with Gasteiger partial charge in [0.05, 0.1) is 12.2 Å². The molecule has 2 heterocycles. The van der Waals surface area contributed by atoms with Crippen LogP contribution in [0.15, 0.2) is 18.5 Å². The van der Waals surface area contributed by atoms with Crippen LogP contribution in [0.25, 0.3) is 0 Å². The lowest BCUT2D eigenvalue weighted by Gasteiger charge is -1.98. The van der Waals surface area contributed by atoms with Crippen LogP contribution in [0.4, 0.5) is 5.82 Å². The van der Waals surface area contributed by atoms with Crippen LogP contribution in [0.5, 0.6) is 0 Å². The number of hydrogen-bond acceptors (Lipinski definition) is 3. The zero-order valence-electron chi connectivity index (χ0n) is 8.31. The second-order valence-corrected chi connectivity index (χ2v) is 3.35. The summed E-state index contributed by atoms with van der Waals surface area (Å²) in [7, 11) is 1.91. The van der Waals surface area contributed by atoms with Gasteiger partial charge in [-0.05, 0) is 13.0 Å². The van der Waals surface area contributed by atoms with Crippen molar-refractivity contribution in [2.45, 2.75) is 13.5 Å². The van der Waals surface area contributed by atoms with E-state index in [4.69, 9.17) is 5.73 Å². The zero-order chi connectivity index (χ0) is 10.1. The Bertz CT molecular complexity index is 440. The van der Waals surface area contributed by atoms with E-state index in [0.717, 1.165) is 17.8 Å². The van der Waals surface area contributed by atoms with Gasteiger partial charge in [-0.2, -0.15) is 10.2 Å². The molecule has 2 aromatic rings. The topological polar surface area (TPSA) is 61.7 Å². The van der Waals surface area contributed by atoms with Crippen molar-refractivity contribution >= 4 is 5.82 Å². The Morgan fingerprint density at radius 1 is 1.43 bits per heavy atom. The molecule has 5 nitrogen and oxygen atoms in total. The molecule has 0 unspecified atom stereocenters. The summed E-state index contributed by atoms with van der Waals surface area (Å²) < 4.78 is 3.61. The van der Waals surface area contributed by atoms with Crippen molar-refractivity contribution in [3.8, 4) is 0 Å². The maximum Gasteiger partial charge on any atom is 0.145 e. The molecule has 14 heavy (non-hydrogen) atoms. The summed E-state index contributed by atoms with van der Waals surface area (Å²) >= 11 is 0. The number of aryl methyl sites for hydroxylation is 2. The predicted molar refractivity (Wildman–Crippen MR) is 53.7 cm³/mol. The van der Waals surface area contributed by atoms with E-state index in [9.17, 15) is 0 Å². The molecule has 2 aromatic heterocycles. The molecule has 0 atom stereocenters. The quantitative estimate of drug-likeness (QED) is 0.754. The van der Waals surface area contributed by atoms with Crippen molar-refractivity contribution in [3.63, 3.8) is 0 Å². The first-order valence-electron chi connectivity index (χ1n) is 4.43. The summed E-state index contributed by atoms with van der Waals surface area (Å²) in [5, 5.41) is 8.37. The van der Waals surface area contributed by atoms with Gasteiger partial charge < -0.3 is 5.73 Å². The van der Waals surface area contributed by atoms with Gasteiger partial charge in [0.2, 0.25) is 0 Å². The van der Waals surface area contributed by atoms with Crippen molar-refractivity contribution < 1.29 is 0 Å². The molecule has 5 heteroatoms. The highest BCUT2D eigenvalue weighted by atomic mass is 15.3. The molecule has 0 saturated heterocycles. The van der Waals surface area contributed by atoms with Crippen LogP contribution in [-0.2, 0) is 13.6 Å². The smallest absolute Gasteiger partial charge is 0.145 e. The molecular weight excluding hydrogens is 178 g/mol. The summed E-state index contributed by atoms with van der Waals surface area (Å²) in [5.41, 5.74) is 7.71. The first-order valence-corrected chi connectivity index (χ1v) is 4.43. The van der Waals surface area contributed by atoms with E-state index in [2.05, 4.69) is 10.2 Å². The third-order valence-corrected chi connectivity index (χ3v) is 2.11. The SMILES string of the molecule is Cc1nn(C)cc1Cn1ccc(N)n1. The third-order valence-electron chi connectivity index (χ3n) is 2.11. The van der Waals surface area contributed by atoms with Crippen molar-refractivity contribution in [1.29, 1.82) is 0 Å². The van der Waals surface area contributed by atoms with Gasteiger partial charge in [0, 0.05) is 25.0 Å². The van der Waals surface area contributed by atoms with Crippen LogP contribution in [0, 0.1) is 6.92 Å². The van der Waals surface area contributed by atoms with Crippen LogP contribution in [0.2, 0.25) is 0 Å². The van der Waals surface area contributed by atoms with Crippen LogP contribution < -0.4 is 5.73 Å². The molecule has 0 aromatic carbocycles. The van der Waals surface area contributed by atoms with Crippen molar-refractivity contribution in [2.75, 3.05) is 5.73 Å². The van der Waals surface area contributed by atoms with E-state index in [1.165, 1.54) is 0 Å². The van der Waals surface area contributed by atoms with Gasteiger partial charge in [-0.1, -0.05) is 0 Å². The third kappa shape index (κ3) is 1.61. The average Bonchev–Trinajstić information content (AvgIpc) is 2.61. The van der Waals surface area contributed by atoms with Crippen LogP contribution in [0.1, 0.15) is 11.3 Å². The van der Waals surface area contributed by atoms with E-state index < -0.39 is 0 Å². The summed E-state index contributed by atoms with van der Waals surface area (Å²) in [6.07, 6.45) is 3.86. The Balaban J connectivity index is 2.22. The lowest BCUT2D eigenvalue weighted by Crippen LogP contribution is -2.01. The number of rotatable bonds is 2. The minimum atomic E-state index is 0.548. The normalized spacial score (nSPS) is 10.7. The Labute approximate surface area is 82.1 Å². The molecule has 0 aliphatic rings. The first kappa shape index (κ1) is 8.80. The van der Waals surface area contributed by atoms with E-state index in [1.807, 2.05) is 26.4 Å². The van der Waals surface area contributed by atoms with Crippen molar-refractivity contribution in [1.82, 2.24) is 19.6 Å². The van der Waals surface area contributed by atoms with Gasteiger partial charge in [-0.25, -0.2) is 0 Å². The van der Waals surface area contributed by atoms with Gasteiger partial charge in [0.1, 0.15) is 5.82 Å². The lowest BCUT2D eigenvalue weighted by molar-refractivity contribution is 0.687. The Morgan fingerprint density at radius 3 is 2.71 bits per heavy atom. The van der Waals surface area contributed by atoms with Gasteiger partial charge in [-0.3, -0.25) is 9.36 Å². The first-order chi connectivity index (χ1) is 6.65. The van der Waals surface area contributed by atoms with Crippen molar-refractivity contribution in [3.05, 3.63) is 29.7 Å². The fourth-order valence-corrected chi connectivity index (χ4v) is 1.44. The number of aromatic nitrogens is 4. The highest BCUT2D eigenvalue weighted by molar-refractivity contribution is 5.24. The summed E-state index contributed by atoms with van der Waals surface area (Å²) in [6.45, 7) is 2.71.